The first-order chi connectivity index (χ1) is 18.9. The molecule has 3 nitrogen and oxygen atoms in total. The lowest BCUT2D eigenvalue weighted by molar-refractivity contribution is 1.26. The Balaban J connectivity index is 1.57. The van der Waals surface area contributed by atoms with Gasteiger partial charge in [-0.1, -0.05) is 127 Å². The zero-order valence-corrected chi connectivity index (χ0v) is 20.5. The van der Waals surface area contributed by atoms with E-state index in [4.69, 9.17) is 15.0 Å². The van der Waals surface area contributed by atoms with Crippen LogP contribution in [0.5, 0.6) is 0 Å². The van der Waals surface area contributed by atoms with Crippen molar-refractivity contribution in [2.75, 3.05) is 0 Å². The zero-order chi connectivity index (χ0) is 25.1. The average molecular weight is 484 g/mol. The molecule has 3 heteroatoms. The summed E-state index contributed by atoms with van der Waals surface area (Å²) in [5.74, 6) is 0. The molecule has 1 aliphatic carbocycles. The van der Waals surface area contributed by atoms with Crippen LogP contribution in [0.25, 0.3) is 78.0 Å². The number of hydrogen-bond acceptors (Lipinski definition) is 3. The van der Waals surface area contributed by atoms with Gasteiger partial charge in [0, 0.05) is 33.2 Å². The highest BCUT2D eigenvalue weighted by atomic mass is 14.9. The smallest absolute Gasteiger partial charge is 0.116 e. The van der Waals surface area contributed by atoms with Crippen molar-refractivity contribution >= 4 is 21.8 Å². The fraction of sp³-hybridized carbons (Fsp3) is 0. The Kier molecular flexibility index (Phi) is 4.52. The van der Waals surface area contributed by atoms with Gasteiger partial charge in [0.15, 0.2) is 0 Å². The molecular weight excluding hydrogens is 462 g/mol. The maximum atomic E-state index is 5.44. The Bertz CT molecular complexity index is 1990. The molecule has 0 atom stereocenters. The van der Waals surface area contributed by atoms with Crippen molar-refractivity contribution in [2.24, 2.45) is 0 Å². The highest BCUT2D eigenvalue weighted by molar-refractivity contribution is 6.15. The maximum Gasteiger partial charge on any atom is 0.116 e. The van der Waals surface area contributed by atoms with E-state index in [0.717, 1.165) is 67.2 Å². The molecule has 0 bridgehead atoms. The van der Waals surface area contributed by atoms with Gasteiger partial charge in [0.2, 0.25) is 0 Å². The van der Waals surface area contributed by atoms with Crippen molar-refractivity contribution in [3.05, 3.63) is 127 Å². The van der Waals surface area contributed by atoms with Gasteiger partial charge < -0.3 is 0 Å². The van der Waals surface area contributed by atoms with E-state index >= 15 is 0 Å². The third kappa shape index (κ3) is 3.06. The molecule has 0 N–H and O–H groups in total. The van der Waals surface area contributed by atoms with Crippen LogP contribution in [0.15, 0.2) is 127 Å². The van der Waals surface area contributed by atoms with Crippen molar-refractivity contribution in [1.82, 2.24) is 15.0 Å². The van der Waals surface area contributed by atoms with Gasteiger partial charge in [0.1, 0.15) is 11.0 Å². The Morgan fingerprint density at radius 1 is 0.342 bits per heavy atom. The zero-order valence-electron chi connectivity index (χ0n) is 20.5. The minimum atomic E-state index is 0.818. The van der Waals surface area contributed by atoms with Crippen molar-refractivity contribution in [2.45, 2.75) is 0 Å². The normalized spacial score (nSPS) is 11.7. The van der Waals surface area contributed by atoms with Crippen LogP contribution in [0.2, 0.25) is 0 Å². The number of fused-ring (bicyclic) bond motifs is 4. The second-order valence-electron chi connectivity index (χ2n) is 9.61. The van der Waals surface area contributed by atoms with Crippen LogP contribution in [-0.2, 0) is 0 Å². The largest absolute Gasteiger partial charge is 0.245 e. The summed E-state index contributed by atoms with van der Waals surface area (Å²) in [6.45, 7) is 0. The Labute approximate surface area is 220 Å². The molecule has 2 aromatic heterocycles. The molecule has 1 aliphatic rings. The first-order valence-corrected chi connectivity index (χ1v) is 12.8. The van der Waals surface area contributed by atoms with Crippen LogP contribution >= 0.6 is 0 Å². The highest BCUT2D eigenvalue weighted by Crippen LogP contribution is 2.48. The topological polar surface area (TPSA) is 38.7 Å². The molecule has 2 heterocycles. The van der Waals surface area contributed by atoms with Gasteiger partial charge in [-0.3, -0.25) is 0 Å². The van der Waals surface area contributed by atoms with E-state index in [1.807, 2.05) is 30.3 Å². The van der Waals surface area contributed by atoms with E-state index in [-0.39, 0.29) is 0 Å². The molecule has 8 rings (SSSR count). The summed E-state index contributed by atoms with van der Waals surface area (Å²) in [6.07, 6.45) is 0. The predicted molar refractivity (Wildman–Crippen MR) is 156 cm³/mol. The van der Waals surface area contributed by atoms with Crippen LogP contribution < -0.4 is 0 Å². The molecule has 38 heavy (non-hydrogen) atoms. The molecular formula is C35H21N3. The molecule has 0 saturated heterocycles. The summed E-state index contributed by atoms with van der Waals surface area (Å²) in [7, 11) is 0. The van der Waals surface area contributed by atoms with E-state index < -0.39 is 0 Å². The molecule has 0 radical (unpaired) electrons. The number of pyridine rings is 1. The van der Waals surface area contributed by atoms with Gasteiger partial charge in [-0.15, -0.1) is 0 Å². The molecule has 0 unspecified atom stereocenters. The number of rotatable bonds is 3. The Morgan fingerprint density at radius 3 is 1.42 bits per heavy atom. The molecule has 176 valence electrons. The lowest BCUT2D eigenvalue weighted by atomic mass is 9.95. The van der Waals surface area contributed by atoms with E-state index in [2.05, 4.69) is 97.1 Å². The fourth-order valence-electron chi connectivity index (χ4n) is 5.70. The summed E-state index contributed by atoms with van der Waals surface area (Å²) in [6, 6.07) is 44.0. The second kappa shape index (κ2) is 8.19. The van der Waals surface area contributed by atoms with E-state index in [1.165, 1.54) is 10.8 Å². The van der Waals surface area contributed by atoms with Crippen molar-refractivity contribution in [3.8, 4) is 56.2 Å². The summed E-state index contributed by atoms with van der Waals surface area (Å²) in [5, 5.41) is 2.43. The molecule has 0 saturated carbocycles. The third-order valence-electron chi connectivity index (χ3n) is 7.39. The van der Waals surface area contributed by atoms with Gasteiger partial charge in [-0.05, 0) is 10.9 Å². The predicted octanol–water partition coefficient (Wildman–Crippen LogP) is 8.83. The molecule has 0 aliphatic heterocycles. The molecule has 5 aromatic carbocycles. The minimum Gasteiger partial charge on any atom is -0.245 e. The van der Waals surface area contributed by atoms with Crippen molar-refractivity contribution < 1.29 is 0 Å². The third-order valence-corrected chi connectivity index (χ3v) is 7.39. The lowest BCUT2D eigenvalue weighted by Gasteiger charge is -2.17. The summed E-state index contributed by atoms with van der Waals surface area (Å²) >= 11 is 0. The van der Waals surface area contributed by atoms with Crippen molar-refractivity contribution in [1.29, 1.82) is 0 Å². The lowest BCUT2D eigenvalue weighted by Crippen LogP contribution is -2.01. The number of benzene rings is 5. The Hall–Kier alpha value is -5.15. The second-order valence-corrected chi connectivity index (χ2v) is 9.61. The first-order valence-electron chi connectivity index (χ1n) is 12.8. The molecule has 0 spiro atoms. The van der Waals surface area contributed by atoms with Crippen LogP contribution in [0.3, 0.4) is 0 Å². The van der Waals surface area contributed by atoms with Crippen molar-refractivity contribution in [3.63, 3.8) is 0 Å². The summed E-state index contributed by atoms with van der Waals surface area (Å²) < 4.78 is 0. The van der Waals surface area contributed by atoms with E-state index in [1.54, 1.807) is 0 Å². The first kappa shape index (κ1) is 21.0. The van der Waals surface area contributed by atoms with Gasteiger partial charge in [0.25, 0.3) is 0 Å². The van der Waals surface area contributed by atoms with Crippen LogP contribution in [-0.4, -0.2) is 15.0 Å². The minimum absolute atomic E-state index is 0.818. The van der Waals surface area contributed by atoms with E-state index in [0.29, 0.717) is 0 Å². The number of nitrogens with zero attached hydrogens (tertiary/aromatic N) is 3. The van der Waals surface area contributed by atoms with Crippen LogP contribution in [0.4, 0.5) is 0 Å². The number of hydrogen-bond donors (Lipinski definition) is 0. The fourth-order valence-corrected chi connectivity index (χ4v) is 5.70. The van der Waals surface area contributed by atoms with Gasteiger partial charge >= 0.3 is 0 Å². The van der Waals surface area contributed by atoms with Gasteiger partial charge in [-0.25, -0.2) is 15.0 Å². The summed E-state index contributed by atoms with van der Waals surface area (Å²) in [5.41, 5.74) is 11.7. The number of aromatic nitrogens is 3. The standard InChI is InChI=1S/C35H21N3/c1-4-12-23(13-5-1)29-30(24-14-6-2-7-15-24)36-31(25-16-8-3-9-17-25)35-34(29)37-32-26-20-10-18-22-19-11-21-27(28(22)26)33(32)38-35/h1-21H. The maximum absolute atomic E-state index is 5.44. The molecule has 7 aromatic rings. The quantitative estimate of drug-likeness (QED) is 0.252. The Morgan fingerprint density at radius 2 is 0.842 bits per heavy atom. The molecule has 0 amide bonds. The van der Waals surface area contributed by atoms with Crippen LogP contribution in [0, 0.1) is 0 Å². The van der Waals surface area contributed by atoms with E-state index in [9.17, 15) is 0 Å². The summed E-state index contributed by atoms with van der Waals surface area (Å²) in [4.78, 5) is 16.1. The highest BCUT2D eigenvalue weighted by Gasteiger charge is 2.28. The van der Waals surface area contributed by atoms with Gasteiger partial charge in [0.05, 0.1) is 22.8 Å². The monoisotopic (exact) mass is 483 g/mol. The molecule has 0 fully saturated rings. The van der Waals surface area contributed by atoms with Crippen LogP contribution in [0.1, 0.15) is 0 Å². The SMILES string of the molecule is c1ccc(-c2nc(-c3ccccc3)c3nc4c(nc3c2-c2ccccc2)-c2cccc3cccc-4c23)cc1. The average Bonchev–Trinajstić information content (AvgIpc) is 3.31. The van der Waals surface area contributed by atoms with Gasteiger partial charge in [-0.2, -0.15) is 0 Å².